The second-order valence-corrected chi connectivity index (χ2v) is 7.93. The molecular formula is C21H20F3N7O. The van der Waals surface area contributed by atoms with Crippen LogP contribution < -0.4 is 16.2 Å². The number of rotatable bonds is 4. The fourth-order valence-corrected chi connectivity index (χ4v) is 4.08. The van der Waals surface area contributed by atoms with E-state index in [0.29, 0.717) is 22.7 Å². The average molecular weight is 443 g/mol. The number of nitrogens with two attached hydrogens (primary N) is 2. The average Bonchev–Trinajstić information content (AvgIpc) is 3.17. The third-order valence-electron chi connectivity index (χ3n) is 5.97. The molecule has 0 saturated heterocycles. The fraction of sp³-hybridized carbons (Fsp3) is 0.333. The fourth-order valence-electron chi connectivity index (χ4n) is 4.08. The number of methoxy groups -OCH3 is 1. The van der Waals surface area contributed by atoms with Gasteiger partial charge in [0.2, 0.25) is 5.95 Å². The number of halogens is 3. The van der Waals surface area contributed by atoms with Crippen LogP contribution in [0.2, 0.25) is 0 Å². The Kier molecular flexibility index (Phi) is 4.66. The van der Waals surface area contributed by atoms with E-state index < -0.39 is 12.2 Å². The molecule has 32 heavy (non-hydrogen) atoms. The molecule has 1 atom stereocenters. The van der Waals surface area contributed by atoms with Gasteiger partial charge in [0.05, 0.1) is 7.11 Å². The Labute approximate surface area is 180 Å². The van der Waals surface area contributed by atoms with E-state index in [-0.39, 0.29) is 23.3 Å². The van der Waals surface area contributed by atoms with E-state index in [2.05, 4.69) is 15.1 Å². The minimum atomic E-state index is -4.50. The third-order valence-corrected chi connectivity index (χ3v) is 5.97. The van der Waals surface area contributed by atoms with Gasteiger partial charge in [0.1, 0.15) is 17.3 Å². The molecular weight excluding hydrogens is 423 g/mol. The van der Waals surface area contributed by atoms with Crippen molar-refractivity contribution in [2.75, 3.05) is 12.8 Å². The Morgan fingerprint density at radius 1 is 1.12 bits per heavy atom. The monoisotopic (exact) mass is 443 g/mol. The Bertz CT molecular complexity index is 1300. The van der Waals surface area contributed by atoms with Crippen LogP contribution in [-0.4, -0.2) is 37.9 Å². The van der Waals surface area contributed by atoms with Crippen molar-refractivity contribution in [3.8, 4) is 5.75 Å². The van der Waals surface area contributed by atoms with Crippen molar-refractivity contribution in [1.82, 2.24) is 24.6 Å². The van der Waals surface area contributed by atoms with Gasteiger partial charge < -0.3 is 16.2 Å². The number of anilines is 1. The minimum absolute atomic E-state index is 0.0515. The molecule has 1 saturated carbocycles. The maximum absolute atomic E-state index is 12.8. The van der Waals surface area contributed by atoms with E-state index >= 15 is 0 Å². The van der Waals surface area contributed by atoms with Gasteiger partial charge in [-0.05, 0) is 36.6 Å². The molecule has 0 aliphatic heterocycles. The van der Waals surface area contributed by atoms with Crippen molar-refractivity contribution in [2.24, 2.45) is 5.73 Å². The lowest BCUT2D eigenvalue weighted by Crippen LogP contribution is -2.28. The molecule has 4 aromatic rings. The maximum atomic E-state index is 12.8. The van der Waals surface area contributed by atoms with Gasteiger partial charge in [0, 0.05) is 29.1 Å². The molecule has 0 spiro atoms. The molecule has 1 fully saturated rings. The SMILES string of the molecule is COc1cccc2c1nc(N)n1nc([C@H]3C[C@H](c4ccc([C@@H](N)C(F)(F)F)cn4)C3)nc21. The molecule has 3 aromatic heterocycles. The molecule has 0 amide bonds. The van der Waals surface area contributed by atoms with Crippen molar-refractivity contribution in [3.63, 3.8) is 0 Å². The number of hydrogen-bond donors (Lipinski definition) is 2. The molecule has 4 N–H and O–H groups in total. The summed E-state index contributed by atoms with van der Waals surface area (Å²) in [4.78, 5) is 13.3. The highest BCUT2D eigenvalue weighted by molar-refractivity contribution is 5.95. The Hall–Kier alpha value is -3.47. The van der Waals surface area contributed by atoms with E-state index in [4.69, 9.17) is 21.2 Å². The lowest BCUT2D eigenvalue weighted by atomic mass is 9.72. The number of ether oxygens (including phenoxy) is 1. The number of fused-ring (bicyclic) bond motifs is 3. The Morgan fingerprint density at radius 3 is 2.56 bits per heavy atom. The number of nitrogens with zero attached hydrogens (tertiary/aromatic N) is 5. The number of benzene rings is 1. The normalized spacial score (nSPS) is 19.8. The summed E-state index contributed by atoms with van der Waals surface area (Å²) in [5, 5.41) is 5.33. The van der Waals surface area contributed by atoms with E-state index in [1.807, 2.05) is 12.1 Å². The summed E-state index contributed by atoms with van der Waals surface area (Å²) >= 11 is 0. The van der Waals surface area contributed by atoms with Crippen LogP contribution >= 0.6 is 0 Å². The molecule has 0 unspecified atom stereocenters. The smallest absolute Gasteiger partial charge is 0.407 e. The molecule has 3 heterocycles. The summed E-state index contributed by atoms with van der Waals surface area (Å²) in [6.07, 6.45) is -1.81. The summed E-state index contributed by atoms with van der Waals surface area (Å²) < 4.78 is 45.2. The number of nitrogen functional groups attached to an aromatic ring is 1. The first-order valence-corrected chi connectivity index (χ1v) is 10.0. The van der Waals surface area contributed by atoms with Gasteiger partial charge in [-0.15, -0.1) is 5.10 Å². The quantitative estimate of drug-likeness (QED) is 0.496. The van der Waals surface area contributed by atoms with E-state index in [0.717, 1.165) is 23.9 Å². The van der Waals surface area contributed by atoms with Crippen LogP contribution in [0.1, 0.15) is 47.8 Å². The van der Waals surface area contributed by atoms with Crippen LogP contribution in [0.3, 0.4) is 0 Å². The topological polar surface area (TPSA) is 117 Å². The van der Waals surface area contributed by atoms with Gasteiger partial charge in [-0.3, -0.25) is 4.98 Å². The van der Waals surface area contributed by atoms with Gasteiger partial charge in [0.25, 0.3) is 0 Å². The largest absolute Gasteiger partial charge is 0.494 e. The summed E-state index contributed by atoms with van der Waals surface area (Å²) in [6.45, 7) is 0. The van der Waals surface area contributed by atoms with Crippen molar-refractivity contribution in [3.05, 3.63) is 53.6 Å². The zero-order valence-corrected chi connectivity index (χ0v) is 17.0. The number of alkyl halides is 3. The van der Waals surface area contributed by atoms with E-state index in [1.165, 1.54) is 16.8 Å². The second kappa shape index (κ2) is 7.30. The van der Waals surface area contributed by atoms with Crippen molar-refractivity contribution < 1.29 is 17.9 Å². The van der Waals surface area contributed by atoms with Crippen LogP contribution in [0.25, 0.3) is 16.6 Å². The Morgan fingerprint density at radius 2 is 1.91 bits per heavy atom. The number of hydrogen-bond acceptors (Lipinski definition) is 7. The molecule has 1 aliphatic rings. The van der Waals surface area contributed by atoms with Crippen molar-refractivity contribution in [2.45, 2.75) is 36.9 Å². The third kappa shape index (κ3) is 3.29. The molecule has 5 rings (SSSR count). The zero-order chi connectivity index (χ0) is 22.6. The highest BCUT2D eigenvalue weighted by Crippen LogP contribution is 2.46. The predicted molar refractivity (Wildman–Crippen MR) is 111 cm³/mol. The van der Waals surface area contributed by atoms with Gasteiger partial charge >= 0.3 is 6.18 Å². The lowest BCUT2D eigenvalue weighted by molar-refractivity contribution is -0.149. The number of para-hydroxylation sites is 1. The van der Waals surface area contributed by atoms with Crippen LogP contribution in [0.4, 0.5) is 19.1 Å². The zero-order valence-electron chi connectivity index (χ0n) is 17.0. The standard InChI is InChI=1S/C21H20F3N7O/c1-32-15-4-2-3-13-16(15)28-20(26)31-19(13)29-18(30-31)12-7-11(8-12)14-6-5-10(9-27-14)17(25)21(22,23)24/h2-6,9,11-12,17H,7-8,25H2,1H3,(H2,26,28)/t11-,12-,17-/m1/s1. The van der Waals surface area contributed by atoms with Crippen LogP contribution in [0.5, 0.6) is 5.75 Å². The summed E-state index contributed by atoms with van der Waals surface area (Å²) in [6, 6.07) is 6.52. The Balaban J connectivity index is 1.37. The summed E-state index contributed by atoms with van der Waals surface area (Å²) in [5.41, 5.74) is 13.2. The molecule has 0 bridgehead atoms. The molecule has 166 valence electrons. The van der Waals surface area contributed by atoms with Gasteiger partial charge in [-0.1, -0.05) is 12.1 Å². The molecule has 8 nitrogen and oxygen atoms in total. The van der Waals surface area contributed by atoms with Crippen LogP contribution in [0.15, 0.2) is 36.5 Å². The highest BCUT2D eigenvalue weighted by atomic mass is 19.4. The number of aromatic nitrogens is 5. The highest BCUT2D eigenvalue weighted by Gasteiger charge is 2.39. The predicted octanol–water partition coefficient (Wildman–Crippen LogP) is 3.49. The molecule has 11 heteroatoms. The first-order valence-electron chi connectivity index (χ1n) is 10.0. The summed E-state index contributed by atoms with van der Waals surface area (Å²) in [5.74, 6) is 1.68. The molecule has 1 aliphatic carbocycles. The van der Waals surface area contributed by atoms with E-state index in [1.54, 1.807) is 19.2 Å². The van der Waals surface area contributed by atoms with Gasteiger partial charge in [-0.2, -0.15) is 17.7 Å². The first kappa shape index (κ1) is 20.4. The van der Waals surface area contributed by atoms with E-state index in [9.17, 15) is 13.2 Å². The lowest BCUT2D eigenvalue weighted by Gasteiger charge is -2.33. The number of pyridine rings is 1. The molecule has 1 aromatic carbocycles. The van der Waals surface area contributed by atoms with Crippen LogP contribution in [0, 0.1) is 0 Å². The second-order valence-electron chi connectivity index (χ2n) is 7.93. The maximum Gasteiger partial charge on any atom is 0.407 e. The minimum Gasteiger partial charge on any atom is -0.494 e. The van der Waals surface area contributed by atoms with Crippen molar-refractivity contribution >= 4 is 22.5 Å². The summed E-state index contributed by atoms with van der Waals surface area (Å²) in [7, 11) is 1.57. The van der Waals surface area contributed by atoms with Gasteiger partial charge in [-0.25, -0.2) is 9.97 Å². The molecule has 0 radical (unpaired) electrons. The van der Waals surface area contributed by atoms with Crippen molar-refractivity contribution in [1.29, 1.82) is 0 Å². The van der Waals surface area contributed by atoms with Gasteiger partial charge in [0.15, 0.2) is 11.5 Å². The van der Waals surface area contributed by atoms with Crippen LogP contribution in [-0.2, 0) is 0 Å². The first-order chi connectivity index (χ1) is 15.3.